The lowest BCUT2D eigenvalue weighted by atomic mass is 10.0. The van der Waals surface area contributed by atoms with Gasteiger partial charge in [-0.1, -0.05) is 42.5 Å². The predicted molar refractivity (Wildman–Crippen MR) is 114 cm³/mol. The SMILES string of the molecule is COCCOCOc1cccc2nc3ccccc3c(C(=O)Oc3ccccc3)c12. The van der Waals surface area contributed by atoms with Crippen LogP contribution in [0.2, 0.25) is 0 Å². The molecule has 0 saturated heterocycles. The van der Waals surface area contributed by atoms with Crippen molar-refractivity contribution in [2.45, 2.75) is 0 Å². The van der Waals surface area contributed by atoms with Gasteiger partial charge in [0.1, 0.15) is 11.5 Å². The zero-order valence-corrected chi connectivity index (χ0v) is 16.5. The van der Waals surface area contributed by atoms with Crippen molar-refractivity contribution in [1.29, 1.82) is 0 Å². The molecular formula is C24H21NO5. The Morgan fingerprint density at radius 2 is 1.63 bits per heavy atom. The number of aromatic nitrogens is 1. The molecule has 0 fully saturated rings. The summed E-state index contributed by atoms with van der Waals surface area (Å²) < 4.78 is 21.9. The fourth-order valence-corrected chi connectivity index (χ4v) is 3.20. The molecule has 0 radical (unpaired) electrons. The van der Waals surface area contributed by atoms with Gasteiger partial charge in [-0.2, -0.15) is 0 Å². The molecule has 0 aliphatic carbocycles. The Bertz CT molecular complexity index is 1160. The fraction of sp³-hybridized carbons (Fsp3) is 0.167. The van der Waals surface area contributed by atoms with Crippen LogP contribution in [0, 0.1) is 0 Å². The summed E-state index contributed by atoms with van der Waals surface area (Å²) in [6.07, 6.45) is 0. The molecule has 0 saturated carbocycles. The van der Waals surface area contributed by atoms with E-state index in [-0.39, 0.29) is 6.79 Å². The molecule has 6 nitrogen and oxygen atoms in total. The van der Waals surface area contributed by atoms with Gasteiger partial charge in [0, 0.05) is 12.5 Å². The van der Waals surface area contributed by atoms with Crippen LogP contribution in [-0.4, -0.2) is 38.1 Å². The Kier molecular flexibility index (Phi) is 6.17. The number of hydrogen-bond acceptors (Lipinski definition) is 6. The van der Waals surface area contributed by atoms with E-state index in [4.69, 9.17) is 23.9 Å². The minimum Gasteiger partial charge on any atom is -0.467 e. The van der Waals surface area contributed by atoms with Crippen LogP contribution in [0.3, 0.4) is 0 Å². The number of para-hydroxylation sites is 2. The van der Waals surface area contributed by atoms with Crippen LogP contribution in [0.25, 0.3) is 21.8 Å². The average molecular weight is 403 g/mol. The van der Waals surface area contributed by atoms with E-state index in [0.717, 1.165) is 0 Å². The van der Waals surface area contributed by atoms with Crippen LogP contribution >= 0.6 is 0 Å². The molecule has 3 aromatic carbocycles. The van der Waals surface area contributed by atoms with Gasteiger partial charge in [0.15, 0.2) is 6.79 Å². The number of ether oxygens (including phenoxy) is 4. The minimum atomic E-state index is -0.471. The summed E-state index contributed by atoms with van der Waals surface area (Å²) >= 11 is 0. The third-order valence-electron chi connectivity index (χ3n) is 4.56. The second kappa shape index (κ2) is 9.35. The van der Waals surface area contributed by atoms with E-state index in [1.54, 1.807) is 25.3 Å². The average Bonchev–Trinajstić information content (AvgIpc) is 2.78. The normalized spacial score (nSPS) is 11.0. The Balaban J connectivity index is 1.78. The maximum Gasteiger partial charge on any atom is 0.345 e. The molecular weight excluding hydrogens is 382 g/mol. The van der Waals surface area contributed by atoms with Crippen molar-refractivity contribution in [1.82, 2.24) is 4.98 Å². The number of esters is 1. The Labute approximate surface area is 174 Å². The van der Waals surface area contributed by atoms with Crippen molar-refractivity contribution in [3.63, 3.8) is 0 Å². The molecule has 0 atom stereocenters. The molecule has 0 spiro atoms. The zero-order chi connectivity index (χ0) is 20.8. The molecule has 0 unspecified atom stereocenters. The van der Waals surface area contributed by atoms with E-state index in [0.29, 0.717) is 52.1 Å². The molecule has 0 aliphatic rings. The monoisotopic (exact) mass is 403 g/mol. The summed E-state index contributed by atoms with van der Waals surface area (Å²) in [5, 5.41) is 1.29. The standard InChI is InChI=1S/C24H21NO5/c1-27-14-15-28-16-29-21-13-7-12-20-23(21)22(18-10-5-6-11-19(18)25-20)24(26)30-17-8-3-2-4-9-17/h2-13H,14-16H2,1H3. The molecule has 0 bridgehead atoms. The van der Waals surface area contributed by atoms with Crippen molar-refractivity contribution >= 4 is 27.8 Å². The fourth-order valence-electron chi connectivity index (χ4n) is 3.20. The second-order valence-corrected chi connectivity index (χ2v) is 6.52. The molecule has 0 N–H and O–H groups in total. The molecule has 1 heterocycles. The smallest absolute Gasteiger partial charge is 0.345 e. The van der Waals surface area contributed by atoms with E-state index in [9.17, 15) is 4.79 Å². The third kappa shape index (κ3) is 4.25. The van der Waals surface area contributed by atoms with Gasteiger partial charge in [-0.3, -0.25) is 0 Å². The van der Waals surface area contributed by atoms with E-state index in [2.05, 4.69) is 0 Å². The van der Waals surface area contributed by atoms with Crippen LogP contribution in [0.15, 0.2) is 72.8 Å². The number of carbonyl (C=O) groups is 1. The minimum absolute atomic E-state index is 0.0302. The third-order valence-corrected chi connectivity index (χ3v) is 4.56. The number of fused-ring (bicyclic) bond motifs is 2. The highest BCUT2D eigenvalue weighted by Gasteiger charge is 2.21. The number of nitrogens with zero attached hydrogens (tertiary/aromatic N) is 1. The number of methoxy groups -OCH3 is 1. The van der Waals surface area contributed by atoms with Gasteiger partial charge >= 0.3 is 5.97 Å². The Morgan fingerprint density at radius 1 is 0.867 bits per heavy atom. The zero-order valence-electron chi connectivity index (χ0n) is 16.5. The van der Waals surface area contributed by atoms with Gasteiger partial charge in [-0.15, -0.1) is 0 Å². The van der Waals surface area contributed by atoms with Crippen molar-refractivity contribution in [3.8, 4) is 11.5 Å². The van der Waals surface area contributed by atoms with Crippen LogP contribution in [-0.2, 0) is 9.47 Å². The van der Waals surface area contributed by atoms with E-state index < -0.39 is 5.97 Å². The first-order valence-electron chi connectivity index (χ1n) is 9.56. The highest BCUT2D eigenvalue weighted by molar-refractivity contribution is 6.16. The van der Waals surface area contributed by atoms with Crippen LogP contribution in [0.4, 0.5) is 0 Å². The number of rotatable bonds is 8. The molecule has 30 heavy (non-hydrogen) atoms. The summed E-state index contributed by atoms with van der Waals surface area (Å²) in [6, 6.07) is 21.9. The van der Waals surface area contributed by atoms with Crippen molar-refractivity contribution < 1.29 is 23.7 Å². The van der Waals surface area contributed by atoms with Crippen LogP contribution in [0.5, 0.6) is 11.5 Å². The Hall–Kier alpha value is -3.48. The van der Waals surface area contributed by atoms with Gasteiger partial charge < -0.3 is 18.9 Å². The Morgan fingerprint density at radius 3 is 2.47 bits per heavy atom. The highest BCUT2D eigenvalue weighted by Crippen LogP contribution is 2.33. The van der Waals surface area contributed by atoms with Crippen molar-refractivity contribution in [3.05, 3.63) is 78.4 Å². The molecule has 1 aromatic heterocycles. The van der Waals surface area contributed by atoms with Gasteiger partial charge in [-0.05, 0) is 30.3 Å². The molecule has 6 heteroatoms. The molecule has 0 aliphatic heterocycles. The predicted octanol–water partition coefficient (Wildman–Crippen LogP) is 4.61. The molecule has 4 aromatic rings. The maximum atomic E-state index is 13.3. The summed E-state index contributed by atoms with van der Waals surface area (Å²) in [4.78, 5) is 18.0. The number of benzene rings is 3. The summed E-state index contributed by atoms with van der Waals surface area (Å²) in [7, 11) is 1.61. The number of carbonyl (C=O) groups excluding carboxylic acids is 1. The number of hydrogen-bond donors (Lipinski definition) is 0. The van der Waals surface area contributed by atoms with Gasteiger partial charge in [0.25, 0.3) is 0 Å². The topological polar surface area (TPSA) is 66.9 Å². The lowest BCUT2D eigenvalue weighted by Crippen LogP contribution is -2.12. The van der Waals surface area contributed by atoms with Gasteiger partial charge in [0.2, 0.25) is 0 Å². The molecule has 0 amide bonds. The quantitative estimate of drug-likeness (QED) is 0.141. The van der Waals surface area contributed by atoms with Crippen LogP contribution < -0.4 is 9.47 Å². The molecule has 4 rings (SSSR count). The molecule has 152 valence electrons. The van der Waals surface area contributed by atoms with Crippen molar-refractivity contribution in [2.75, 3.05) is 27.1 Å². The lowest BCUT2D eigenvalue weighted by Gasteiger charge is -2.14. The summed E-state index contributed by atoms with van der Waals surface area (Å²) in [5.41, 5.74) is 1.76. The first-order chi connectivity index (χ1) is 14.8. The lowest BCUT2D eigenvalue weighted by molar-refractivity contribution is -0.00783. The van der Waals surface area contributed by atoms with Gasteiger partial charge in [-0.25, -0.2) is 9.78 Å². The largest absolute Gasteiger partial charge is 0.467 e. The summed E-state index contributed by atoms with van der Waals surface area (Å²) in [6.45, 7) is 0.910. The summed E-state index contributed by atoms with van der Waals surface area (Å²) in [5.74, 6) is 0.502. The highest BCUT2D eigenvalue weighted by atomic mass is 16.7. The number of pyridine rings is 1. The van der Waals surface area contributed by atoms with E-state index >= 15 is 0 Å². The van der Waals surface area contributed by atoms with E-state index in [1.807, 2.05) is 54.6 Å². The van der Waals surface area contributed by atoms with Gasteiger partial charge in [0.05, 0.1) is 35.2 Å². The maximum absolute atomic E-state index is 13.3. The van der Waals surface area contributed by atoms with Crippen molar-refractivity contribution in [2.24, 2.45) is 0 Å². The first kappa shape index (κ1) is 19.8. The van der Waals surface area contributed by atoms with E-state index in [1.165, 1.54) is 0 Å². The second-order valence-electron chi connectivity index (χ2n) is 6.52. The van der Waals surface area contributed by atoms with Crippen LogP contribution in [0.1, 0.15) is 10.4 Å². The first-order valence-corrected chi connectivity index (χ1v) is 9.56.